The maximum absolute atomic E-state index is 13.3. The fraction of sp³-hybridized carbons (Fsp3) is 0.286. The van der Waals surface area contributed by atoms with E-state index in [0.717, 1.165) is 29.9 Å². The van der Waals surface area contributed by atoms with Gasteiger partial charge in [0, 0.05) is 12.1 Å². The van der Waals surface area contributed by atoms with Crippen molar-refractivity contribution in [2.75, 3.05) is 13.7 Å². The number of rotatable bonds is 8. The van der Waals surface area contributed by atoms with Gasteiger partial charge in [0.2, 0.25) is 0 Å². The highest BCUT2D eigenvalue weighted by atomic mass is 16.5. The van der Waals surface area contributed by atoms with Crippen LogP contribution in [0.3, 0.4) is 0 Å². The van der Waals surface area contributed by atoms with Gasteiger partial charge in [0.15, 0.2) is 0 Å². The topological polar surface area (TPSA) is 53.3 Å². The number of aryl methyl sites for hydroxylation is 2. The fourth-order valence-corrected chi connectivity index (χ4v) is 4.04. The number of benzene rings is 3. The van der Waals surface area contributed by atoms with Crippen LogP contribution in [0.1, 0.15) is 29.5 Å². The summed E-state index contributed by atoms with van der Waals surface area (Å²) in [6.45, 7) is 7.46. The predicted octanol–water partition coefficient (Wildman–Crippen LogP) is 5.86. The molecule has 0 spiro atoms. The zero-order chi connectivity index (χ0) is 23.4. The Morgan fingerprint density at radius 3 is 2.45 bits per heavy atom. The number of ether oxygens (including phenoxy) is 2. The van der Waals surface area contributed by atoms with Crippen molar-refractivity contribution < 1.29 is 9.47 Å². The molecule has 0 aliphatic carbocycles. The lowest BCUT2D eigenvalue weighted by atomic mass is 10.1. The van der Waals surface area contributed by atoms with Gasteiger partial charge in [-0.1, -0.05) is 18.2 Å². The first kappa shape index (κ1) is 22.6. The standard InChI is InChI=1S/C28H30N2O3/c1-19-17-20(2)21(3)26(18-19)33-16-8-7-15-30-27(22-11-13-23(32-4)14-12-22)29-25-10-6-5-9-24(25)28(30)31/h5-6,9-14,17-18H,7-8,15-16H2,1-4H3. The lowest BCUT2D eigenvalue weighted by molar-refractivity contribution is 0.300. The van der Waals surface area contributed by atoms with Crippen LogP contribution in [0.5, 0.6) is 11.5 Å². The molecule has 0 aliphatic heterocycles. The van der Waals surface area contributed by atoms with E-state index in [2.05, 4.69) is 32.9 Å². The summed E-state index contributed by atoms with van der Waals surface area (Å²) in [4.78, 5) is 18.1. The summed E-state index contributed by atoms with van der Waals surface area (Å²) in [6, 6.07) is 19.4. The predicted molar refractivity (Wildman–Crippen MR) is 133 cm³/mol. The summed E-state index contributed by atoms with van der Waals surface area (Å²) in [5.74, 6) is 2.38. The molecule has 5 nitrogen and oxygen atoms in total. The van der Waals surface area contributed by atoms with Gasteiger partial charge < -0.3 is 9.47 Å². The molecule has 0 aliphatic rings. The molecule has 3 aromatic carbocycles. The first-order valence-corrected chi connectivity index (χ1v) is 11.3. The minimum Gasteiger partial charge on any atom is -0.497 e. The molecule has 0 atom stereocenters. The van der Waals surface area contributed by atoms with E-state index in [1.165, 1.54) is 16.7 Å². The van der Waals surface area contributed by atoms with Crippen LogP contribution in [-0.2, 0) is 6.54 Å². The third-order valence-corrected chi connectivity index (χ3v) is 6.01. The molecule has 33 heavy (non-hydrogen) atoms. The summed E-state index contributed by atoms with van der Waals surface area (Å²) in [6.07, 6.45) is 1.65. The van der Waals surface area contributed by atoms with Gasteiger partial charge >= 0.3 is 0 Å². The van der Waals surface area contributed by atoms with Crippen LogP contribution in [0.25, 0.3) is 22.3 Å². The minimum absolute atomic E-state index is 0.0162. The summed E-state index contributed by atoms with van der Waals surface area (Å²) in [5.41, 5.74) is 5.20. The average molecular weight is 443 g/mol. The average Bonchev–Trinajstić information content (AvgIpc) is 2.83. The number of hydrogen-bond acceptors (Lipinski definition) is 4. The molecular formula is C28H30N2O3. The molecular weight excluding hydrogens is 412 g/mol. The van der Waals surface area contributed by atoms with E-state index in [-0.39, 0.29) is 5.56 Å². The summed E-state index contributed by atoms with van der Waals surface area (Å²) in [5, 5.41) is 0.636. The minimum atomic E-state index is -0.0162. The molecule has 4 aromatic rings. The molecule has 0 bridgehead atoms. The van der Waals surface area contributed by atoms with Gasteiger partial charge in [-0.15, -0.1) is 0 Å². The molecule has 0 saturated heterocycles. The van der Waals surface area contributed by atoms with E-state index in [9.17, 15) is 4.79 Å². The smallest absolute Gasteiger partial charge is 0.261 e. The van der Waals surface area contributed by atoms with Gasteiger partial charge in [0.05, 0.1) is 24.6 Å². The summed E-state index contributed by atoms with van der Waals surface area (Å²) in [7, 11) is 1.64. The number of hydrogen-bond donors (Lipinski definition) is 0. The van der Waals surface area contributed by atoms with Crippen LogP contribution in [0.15, 0.2) is 65.5 Å². The molecule has 0 unspecified atom stereocenters. The zero-order valence-electron chi connectivity index (χ0n) is 19.7. The molecule has 0 N–H and O–H groups in total. The summed E-state index contributed by atoms with van der Waals surface area (Å²) < 4.78 is 13.1. The lowest BCUT2D eigenvalue weighted by Gasteiger charge is -2.15. The number of unbranched alkanes of at least 4 members (excludes halogenated alkanes) is 1. The normalized spacial score (nSPS) is 11.0. The molecule has 0 saturated carbocycles. The third kappa shape index (κ3) is 4.92. The fourth-order valence-electron chi connectivity index (χ4n) is 4.04. The SMILES string of the molecule is COc1ccc(-c2nc3ccccc3c(=O)n2CCCCOc2cc(C)cc(C)c2C)cc1. The quantitative estimate of drug-likeness (QED) is 0.321. The Bertz CT molecular complexity index is 1320. The van der Waals surface area contributed by atoms with Crippen molar-refractivity contribution in [2.45, 2.75) is 40.2 Å². The van der Waals surface area contributed by atoms with Crippen LogP contribution in [0.4, 0.5) is 0 Å². The van der Waals surface area contributed by atoms with Crippen LogP contribution in [-0.4, -0.2) is 23.3 Å². The first-order chi connectivity index (χ1) is 16.0. The molecule has 1 heterocycles. The number of methoxy groups -OCH3 is 1. The van der Waals surface area contributed by atoms with Crippen molar-refractivity contribution >= 4 is 10.9 Å². The van der Waals surface area contributed by atoms with Crippen LogP contribution >= 0.6 is 0 Å². The van der Waals surface area contributed by atoms with Crippen molar-refractivity contribution in [3.8, 4) is 22.9 Å². The molecule has 4 rings (SSSR count). The van der Waals surface area contributed by atoms with E-state index in [4.69, 9.17) is 14.5 Å². The Hall–Kier alpha value is -3.60. The van der Waals surface area contributed by atoms with E-state index >= 15 is 0 Å². The van der Waals surface area contributed by atoms with Gasteiger partial charge in [-0.2, -0.15) is 0 Å². The highest BCUT2D eigenvalue weighted by Crippen LogP contribution is 2.24. The van der Waals surface area contributed by atoms with Crippen molar-refractivity contribution in [3.05, 3.63) is 87.7 Å². The molecule has 1 aromatic heterocycles. The Morgan fingerprint density at radius 2 is 1.70 bits per heavy atom. The molecule has 0 radical (unpaired) electrons. The second-order valence-corrected chi connectivity index (χ2v) is 8.40. The molecule has 170 valence electrons. The zero-order valence-corrected chi connectivity index (χ0v) is 19.7. The molecule has 0 amide bonds. The van der Waals surface area contributed by atoms with E-state index in [1.807, 2.05) is 48.5 Å². The monoisotopic (exact) mass is 442 g/mol. The third-order valence-electron chi connectivity index (χ3n) is 6.01. The van der Waals surface area contributed by atoms with Crippen molar-refractivity contribution in [3.63, 3.8) is 0 Å². The van der Waals surface area contributed by atoms with Gasteiger partial charge in [-0.05, 0) is 92.8 Å². The Kier molecular flexibility index (Phi) is 6.78. The van der Waals surface area contributed by atoms with Gasteiger partial charge in [-0.25, -0.2) is 4.98 Å². The maximum Gasteiger partial charge on any atom is 0.261 e. The second kappa shape index (κ2) is 9.90. The van der Waals surface area contributed by atoms with E-state index < -0.39 is 0 Å². The first-order valence-electron chi connectivity index (χ1n) is 11.3. The number of nitrogens with zero attached hydrogens (tertiary/aromatic N) is 2. The highest BCUT2D eigenvalue weighted by molar-refractivity contribution is 5.79. The van der Waals surface area contributed by atoms with Crippen molar-refractivity contribution in [1.29, 1.82) is 0 Å². The van der Waals surface area contributed by atoms with Gasteiger partial charge in [0.1, 0.15) is 17.3 Å². The van der Waals surface area contributed by atoms with Crippen molar-refractivity contribution in [1.82, 2.24) is 9.55 Å². The van der Waals surface area contributed by atoms with Crippen LogP contribution < -0.4 is 15.0 Å². The van der Waals surface area contributed by atoms with Crippen LogP contribution in [0, 0.1) is 20.8 Å². The Balaban J connectivity index is 1.54. The van der Waals surface area contributed by atoms with Gasteiger partial charge in [-0.3, -0.25) is 9.36 Å². The molecule has 5 heteroatoms. The lowest BCUT2D eigenvalue weighted by Crippen LogP contribution is -2.24. The molecule has 0 fully saturated rings. The van der Waals surface area contributed by atoms with Crippen molar-refractivity contribution in [2.24, 2.45) is 0 Å². The number of aromatic nitrogens is 2. The number of fused-ring (bicyclic) bond motifs is 1. The van der Waals surface area contributed by atoms with Gasteiger partial charge in [0.25, 0.3) is 5.56 Å². The van der Waals surface area contributed by atoms with Crippen LogP contribution in [0.2, 0.25) is 0 Å². The Morgan fingerprint density at radius 1 is 0.939 bits per heavy atom. The maximum atomic E-state index is 13.3. The summed E-state index contributed by atoms with van der Waals surface area (Å²) >= 11 is 0. The largest absolute Gasteiger partial charge is 0.497 e. The second-order valence-electron chi connectivity index (χ2n) is 8.40. The number of para-hydroxylation sites is 1. The Labute approximate surface area is 194 Å². The highest BCUT2D eigenvalue weighted by Gasteiger charge is 2.13. The van der Waals surface area contributed by atoms with E-state index in [0.29, 0.717) is 29.9 Å². The van der Waals surface area contributed by atoms with E-state index in [1.54, 1.807) is 11.7 Å².